The van der Waals surface area contributed by atoms with E-state index in [2.05, 4.69) is 41.6 Å². The van der Waals surface area contributed by atoms with Crippen molar-refractivity contribution in [1.82, 2.24) is 10.2 Å². The highest BCUT2D eigenvalue weighted by Gasteiger charge is 2.36. The van der Waals surface area contributed by atoms with Crippen LogP contribution in [0.1, 0.15) is 44.4 Å². The summed E-state index contributed by atoms with van der Waals surface area (Å²) in [6.45, 7) is 7.08. The van der Waals surface area contributed by atoms with Crippen LogP contribution < -0.4 is 5.32 Å². The lowest BCUT2D eigenvalue weighted by Gasteiger charge is -2.34. The van der Waals surface area contributed by atoms with Crippen LogP contribution in [0.3, 0.4) is 0 Å². The monoisotopic (exact) mass is 278 g/mol. The first kappa shape index (κ1) is 13.6. The number of rotatable bonds is 8. The molecule has 1 unspecified atom stereocenters. The molecule has 0 bridgehead atoms. The smallest absolute Gasteiger partial charge is 0.0334 e. The van der Waals surface area contributed by atoms with Gasteiger partial charge in [-0.2, -0.15) is 0 Å². The number of hydrogen-bond acceptors (Lipinski definition) is 3. The molecule has 1 heterocycles. The van der Waals surface area contributed by atoms with Crippen LogP contribution in [0.2, 0.25) is 0 Å². The van der Waals surface area contributed by atoms with Crippen LogP contribution in [-0.2, 0) is 6.54 Å². The summed E-state index contributed by atoms with van der Waals surface area (Å²) in [5, 5.41) is 5.94. The minimum absolute atomic E-state index is 0.690. The molecule has 2 saturated carbocycles. The average Bonchev–Trinajstić information content (AvgIpc) is 3.29. The molecular weight excluding hydrogens is 252 g/mol. The van der Waals surface area contributed by atoms with Crippen molar-refractivity contribution in [3.63, 3.8) is 0 Å². The van der Waals surface area contributed by atoms with Crippen molar-refractivity contribution in [2.45, 2.75) is 64.2 Å². The van der Waals surface area contributed by atoms with Crippen molar-refractivity contribution in [3.8, 4) is 0 Å². The fraction of sp³-hybridized carbons (Fsp3) is 0.750. The molecule has 1 aromatic rings. The Kier molecular flexibility index (Phi) is 4.25. The van der Waals surface area contributed by atoms with Gasteiger partial charge < -0.3 is 5.32 Å². The van der Waals surface area contributed by atoms with Gasteiger partial charge in [0.2, 0.25) is 0 Å². The zero-order chi connectivity index (χ0) is 13.2. The molecule has 2 aliphatic carbocycles. The standard InChI is InChI=1S/C16H26N2S/c1-12(2)16(10-17-13-5-6-13)18(14-7-8-14)11-15-4-3-9-19-15/h3-4,9,12-14,16-17H,5-8,10-11H2,1-2H3. The van der Waals surface area contributed by atoms with Gasteiger partial charge in [-0.15, -0.1) is 11.3 Å². The highest BCUT2D eigenvalue weighted by molar-refractivity contribution is 7.09. The van der Waals surface area contributed by atoms with E-state index in [9.17, 15) is 0 Å². The Hall–Kier alpha value is -0.380. The molecule has 0 spiro atoms. The van der Waals surface area contributed by atoms with Crippen LogP contribution in [0.4, 0.5) is 0 Å². The summed E-state index contributed by atoms with van der Waals surface area (Å²) in [6.07, 6.45) is 5.58. The first-order valence-electron chi connectivity index (χ1n) is 7.75. The van der Waals surface area contributed by atoms with E-state index in [-0.39, 0.29) is 0 Å². The number of nitrogens with one attached hydrogen (secondary N) is 1. The van der Waals surface area contributed by atoms with E-state index in [4.69, 9.17) is 0 Å². The Labute approximate surface area is 121 Å². The van der Waals surface area contributed by atoms with Gasteiger partial charge in [-0.05, 0) is 43.0 Å². The lowest BCUT2D eigenvalue weighted by atomic mass is 10.0. The van der Waals surface area contributed by atoms with E-state index < -0.39 is 0 Å². The SMILES string of the molecule is CC(C)C(CNC1CC1)N(Cc1cccs1)C1CC1. The molecule has 3 rings (SSSR count). The topological polar surface area (TPSA) is 15.3 Å². The Balaban J connectivity index is 1.64. The normalized spacial score (nSPS) is 21.3. The molecule has 1 aromatic heterocycles. The van der Waals surface area contributed by atoms with Gasteiger partial charge in [0.1, 0.15) is 0 Å². The van der Waals surface area contributed by atoms with Gasteiger partial charge in [-0.25, -0.2) is 0 Å². The molecule has 1 atom stereocenters. The third-order valence-electron chi connectivity index (χ3n) is 4.32. The van der Waals surface area contributed by atoms with Gasteiger partial charge in [-0.3, -0.25) is 4.90 Å². The van der Waals surface area contributed by atoms with Crippen molar-refractivity contribution in [2.24, 2.45) is 5.92 Å². The highest BCUT2D eigenvalue weighted by Crippen LogP contribution is 2.33. The zero-order valence-electron chi connectivity index (χ0n) is 12.1. The number of hydrogen-bond donors (Lipinski definition) is 1. The van der Waals surface area contributed by atoms with Crippen molar-refractivity contribution >= 4 is 11.3 Å². The Bertz CT molecular complexity index is 379. The van der Waals surface area contributed by atoms with E-state index in [1.807, 2.05) is 11.3 Å². The predicted octanol–water partition coefficient (Wildman–Crippen LogP) is 3.49. The summed E-state index contributed by atoms with van der Waals surface area (Å²) < 4.78 is 0. The molecule has 2 nitrogen and oxygen atoms in total. The second-order valence-electron chi connectivity index (χ2n) is 6.48. The van der Waals surface area contributed by atoms with Gasteiger partial charge in [0.25, 0.3) is 0 Å². The molecule has 0 amide bonds. The highest BCUT2D eigenvalue weighted by atomic mass is 32.1. The molecular formula is C16H26N2S. The molecule has 0 aliphatic heterocycles. The van der Waals surface area contributed by atoms with Crippen LogP contribution in [0, 0.1) is 5.92 Å². The molecule has 106 valence electrons. The summed E-state index contributed by atoms with van der Waals surface area (Å²) in [6, 6.07) is 6.82. The summed E-state index contributed by atoms with van der Waals surface area (Å²) >= 11 is 1.90. The van der Waals surface area contributed by atoms with Gasteiger partial charge in [0, 0.05) is 36.1 Å². The maximum absolute atomic E-state index is 3.74. The van der Waals surface area contributed by atoms with E-state index >= 15 is 0 Å². The molecule has 0 aromatic carbocycles. The maximum Gasteiger partial charge on any atom is 0.0334 e. The van der Waals surface area contributed by atoms with Crippen molar-refractivity contribution < 1.29 is 0 Å². The van der Waals surface area contributed by atoms with Crippen molar-refractivity contribution in [2.75, 3.05) is 6.54 Å². The summed E-state index contributed by atoms with van der Waals surface area (Å²) in [7, 11) is 0. The number of nitrogens with zero attached hydrogens (tertiary/aromatic N) is 1. The van der Waals surface area contributed by atoms with Gasteiger partial charge in [-0.1, -0.05) is 19.9 Å². The molecule has 0 radical (unpaired) electrons. The molecule has 1 N–H and O–H groups in total. The first-order valence-corrected chi connectivity index (χ1v) is 8.63. The lowest BCUT2D eigenvalue weighted by Crippen LogP contribution is -2.46. The van der Waals surface area contributed by atoms with Crippen LogP contribution in [0.15, 0.2) is 17.5 Å². The molecule has 19 heavy (non-hydrogen) atoms. The third-order valence-corrected chi connectivity index (χ3v) is 5.18. The number of thiophene rings is 1. The van der Waals surface area contributed by atoms with E-state index in [0.717, 1.165) is 24.5 Å². The third kappa shape index (κ3) is 3.80. The summed E-state index contributed by atoms with van der Waals surface area (Å²) in [5.74, 6) is 0.729. The fourth-order valence-electron chi connectivity index (χ4n) is 2.82. The fourth-order valence-corrected chi connectivity index (χ4v) is 3.53. The maximum atomic E-state index is 3.74. The summed E-state index contributed by atoms with van der Waals surface area (Å²) in [5.41, 5.74) is 0. The van der Waals surface area contributed by atoms with Crippen molar-refractivity contribution in [3.05, 3.63) is 22.4 Å². The largest absolute Gasteiger partial charge is 0.312 e. The molecule has 2 aliphatic rings. The van der Waals surface area contributed by atoms with E-state index in [0.29, 0.717) is 6.04 Å². The van der Waals surface area contributed by atoms with Gasteiger partial charge in [0.05, 0.1) is 0 Å². The second-order valence-corrected chi connectivity index (χ2v) is 7.51. The molecule has 2 fully saturated rings. The zero-order valence-corrected chi connectivity index (χ0v) is 13.0. The van der Waals surface area contributed by atoms with Crippen molar-refractivity contribution in [1.29, 1.82) is 0 Å². The lowest BCUT2D eigenvalue weighted by molar-refractivity contribution is 0.135. The minimum atomic E-state index is 0.690. The van der Waals surface area contributed by atoms with Crippen LogP contribution in [-0.4, -0.2) is 29.6 Å². The van der Waals surface area contributed by atoms with Crippen LogP contribution in [0.25, 0.3) is 0 Å². The van der Waals surface area contributed by atoms with Gasteiger partial charge in [0.15, 0.2) is 0 Å². The second kappa shape index (κ2) is 5.94. The molecule has 0 saturated heterocycles. The minimum Gasteiger partial charge on any atom is -0.312 e. The quantitative estimate of drug-likeness (QED) is 0.783. The predicted molar refractivity (Wildman–Crippen MR) is 82.5 cm³/mol. The first-order chi connectivity index (χ1) is 9.24. The Morgan fingerprint density at radius 3 is 2.63 bits per heavy atom. The van der Waals surface area contributed by atoms with E-state index in [1.165, 1.54) is 37.1 Å². The molecule has 3 heteroatoms. The van der Waals surface area contributed by atoms with E-state index in [1.54, 1.807) is 0 Å². The Morgan fingerprint density at radius 1 is 1.32 bits per heavy atom. The Morgan fingerprint density at radius 2 is 2.11 bits per heavy atom. The van der Waals surface area contributed by atoms with Crippen LogP contribution >= 0.6 is 11.3 Å². The average molecular weight is 278 g/mol. The van der Waals surface area contributed by atoms with Gasteiger partial charge >= 0.3 is 0 Å². The summed E-state index contributed by atoms with van der Waals surface area (Å²) in [4.78, 5) is 4.29. The van der Waals surface area contributed by atoms with Crippen LogP contribution in [0.5, 0.6) is 0 Å².